The molecule has 1 aromatic heterocycles. The van der Waals surface area contributed by atoms with E-state index in [1.165, 1.54) is 0 Å². The highest BCUT2D eigenvalue weighted by Gasteiger charge is 2.15. The summed E-state index contributed by atoms with van der Waals surface area (Å²) in [6.07, 6.45) is 1.56. The van der Waals surface area contributed by atoms with E-state index in [9.17, 15) is 5.11 Å². The topological polar surface area (TPSA) is 96.1 Å². The molecule has 0 saturated heterocycles. The van der Waals surface area contributed by atoms with Crippen molar-refractivity contribution in [1.29, 1.82) is 0 Å². The van der Waals surface area contributed by atoms with Crippen molar-refractivity contribution < 1.29 is 5.11 Å². The second kappa shape index (κ2) is 8.01. The number of hydrogen-bond acceptors (Lipinski definition) is 6. The van der Waals surface area contributed by atoms with Gasteiger partial charge in [-0.15, -0.1) is 0 Å². The highest BCUT2D eigenvalue weighted by Crippen LogP contribution is 2.18. The molecule has 1 aromatic rings. The van der Waals surface area contributed by atoms with Crippen molar-refractivity contribution in [2.45, 2.75) is 52.6 Å². The fourth-order valence-electron chi connectivity index (χ4n) is 2.10. The third-order valence-corrected chi connectivity index (χ3v) is 3.49. The molecule has 0 saturated carbocycles. The molecule has 0 fully saturated rings. The number of aromatic nitrogens is 2. The number of aliphatic hydroxyl groups is 1. The van der Waals surface area contributed by atoms with Crippen LogP contribution in [0.15, 0.2) is 6.07 Å². The van der Waals surface area contributed by atoms with Crippen molar-refractivity contribution >= 4 is 11.6 Å². The molecule has 5 N–H and O–H groups in total. The lowest BCUT2D eigenvalue weighted by molar-refractivity contribution is 0.114. The summed E-state index contributed by atoms with van der Waals surface area (Å²) in [6.45, 7) is 8.71. The average molecular weight is 281 g/mol. The Kier molecular flexibility index (Phi) is 6.67. The van der Waals surface area contributed by atoms with Crippen LogP contribution in [0.5, 0.6) is 0 Å². The van der Waals surface area contributed by atoms with Crippen LogP contribution in [0.25, 0.3) is 0 Å². The van der Waals surface area contributed by atoms with Crippen molar-refractivity contribution in [2.75, 3.05) is 17.3 Å². The zero-order valence-corrected chi connectivity index (χ0v) is 12.8. The molecule has 1 heterocycles. The van der Waals surface area contributed by atoms with Crippen LogP contribution in [0.4, 0.5) is 11.6 Å². The van der Waals surface area contributed by atoms with Crippen LogP contribution in [0.2, 0.25) is 0 Å². The average Bonchev–Trinajstić information content (AvgIpc) is 2.45. The number of hydrazine groups is 1. The zero-order valence-electron chi connectivity index (χ0n) is 12.8. The predicted octanol–water partition coefficient (Wildman–Crippen LogP) is 2.09. The molecule has 1 rings (SSSR count). The molecular formula is C14H27N5O. The minimum atomic E-state index is -0.378. The van der Waals surface area contributed by atoms with Crippen molar-refractivity contribution in [1.82, 2.24) is 9.97 Å². The van der Waals surface area contributed by atoms with Gasteiger partial charge < -0.3 is 15.8 Å². The molecule has 0 bridgehead atoms. The summed E-state index contributed by atoms with van der Waals surface area (Å²) in [4.78, 5) is 8.73. The minimum absolute atomic E-state index is 0.216. The Morgan fingerprint density at radius 2 is 1.80 bits per heavy atom. The second-order valence-corrected chi connectivity index (χ2v) is 5.32. The smallest absolute Gasteiger partial charge is 0.145 e. The van der Waals surface area contributed by atoms with E-state index in [1.807, 2.05) is 13.8 Å². The summed E-state index contributed by atoms with van der Waals surface area (Å²) < 4.78 is 0. The highest BCUT2D eigenvalue weighted by molar-refractivity contribution is 5.47. The number of anilines is 2. The first-order valence-corrected chi connectivity index (χ1v) is 7.29. The van der Waals surface area contributed by atoms with Gasteiger partial charge in [-0.2, -0.15) is 0 Å². The molecule has 0 aliphatic rings. The number of nitrogens with two attached hydrogens (primary N) is 1. The predicted molar refractivity (Wildman–Crippen MR) is 82.5 cm³/mol. The number of rotatable bonds is 8. The lowest BCUT2D eigenvalue weighted by Crippen LogP contribution is -2.28. The maximum absolute atomic E-state index is 10.1. The van der Waals surface area contributed by atoms with Gasteiger partial charge in [-0.25, -0.2) is 15.8 Å². The monoisotopic (exact) mass is 281 g/mol. The molecule has 0 aliphatic carbocycles. The van der Waals surface area contributed by atoms with Gasteiger partial charge in [0, 0.05) is 18.5 Å². The van der Waals surface area contributed by atoms with Crippen molar-refractivity contribution in [3.8, 4) is 0 Å². The van der Waals surface area contributed by atoms with Crippen LogP contribution < -0.4 is 16.6 Å². The van der Waals surface area contributed by atoms with Crippen LogP contribution >= 0.6 is 0 Å². The Morgan fingerprint density at radius 3 is 2.30 bits per heavy atom. The molecule has 0 aliphatic heterocycles. The Bertz CT molecular complexity index is 407. The summed E-state index contributed by atoms with van der Waals surface area (Å²) in [5, 5.41) is 13.3. The van der Waals surface area contributed by atoms with E-state index in [0.717, 1.165) is 18.7 Å². The number of hydrogen-bond donors (Lipinski definition) is 4. The van der Waals surface area contributed by atoms with Gasteiger partial charge in [0.05, 0.1) is 6.10 Å². The minimum Gasteiger partial charge on any atom is -0.391 e. The Morgan fingerprint density at radius 1 is 1.20 bits per heavy atom. The molecule has 0 aromatic carbocycles. The summed E-state index contributed by atoms with van der Waals surface area (Å²) in [7, 11) is 0. The maximum Gasteiger partial charge on any atom is 0.145 e. The van der Waals surface area contributed by atoms with E-state index in [-0.39, 0.29) is 12.0 Å². The Labute approximate surface area is 121 Å². The third kappa shape index (κ3) is 4.61. The summed E-state index contributed by atoms with van der Waals surface area (Å²) >= 11 is 0. The SMILES string of the molecule is CCC(CC)C(O)CNc1cc(NN)nc(C(C)C)n1. The van der Waals surface area contributed by atoms with Crippen LogP contribution in [0.3, 0.4) is 0 Å². The normalized spacial score (nSPS) is 12.8. The first-order chi connectivity index (χ1) is 9.51. The molecule has 0 amide bonds. The lowest BCUT2D eigenvalue weighted by Gasteiger charge is -2.21. The first kappa shape index (κ1) is 16.7. The third-order valence-electron chi connectivity index (χ3n) is 3.49. The fourth-order valence-corrected chi connectivity index (χ4v) is 2.10. The summed E-state index contributed by atoms with van der Waals surface area (Å²) in [5.74, 6) is 7.92. The van der Waals surface area contributed by atoms with Crippen molar-refractivity contribution in [3.63, 3.8) is 0 Å². The maximum atomic E-state index is 10.1. The van der Waals surface area contributed by atoms with Gasteiger partial charge in [-0.3, -0.25) is 0 Å². The van der Waals surface area contributed by atoms with E-state index in [2.05, 4.69) is 34.6 Å². The van der Waals surface area contributed by atoms with Gasteiger partial charge in [0.25, 0.3) is 0 Å². The second-order valence-electron chi connectivity index (χ2n) is 5.32. The lowest BCUT2D eigenvalue weighted by atomic mass is 9.97. The standard InChI is InChI=1S/C14H27N5O/c1-5-10(6-2)11(20)8-16-12-7-13(19-15)18-14(17-12)9(3)4/h7,9-11,20H,5-6,8,15H2,1-4H3,(H2,16,17,18,19). The first-order valence-electron chi connectivity index (χ1n) is 7.29. The van der Waals surface area contributed by atoms with E-state index in [4.69, 9.17) is 5.84 Å². The van der Waals surface area contributed by atoms with Crippen LogP contribution in [0.1, 0.15) is 52.3 Å². The van der Waals surface area contributed by atoms with Crippen molar-refractivity contribution in [3.05, 3.63) is 11.9 Å². The largest absolute Gasteiger partial charge is 0.391 e. The molecule has 6 heteroatoms. The summed E-state index contributed by atoms with van der Waals surface area (Å²) in [6, 6.07) is 1.74. The number of nitrogen functional groups attached to an aromatic ring is 1. The summed E-state index contributed by atoms with van der Waals surface area (Å²) in [5.41, 5.74) is 2.54. The number of nitrogens with one attached hydrogen (secondary N) is 2. The zero-order chi connectivity index (χ0) is 15.1. The van der Waals surface area contributed by atoms with E-state index in [0.29, 0.717) is 24.1 Å². The molecule has 0 radical (unpaired) electrons. The number of aliphatic hydroxyl groups excluding tert-OH is 1. The molecule has 20 heavy (non-hydrogen) atoms. The van der Waals surface area contributed by atoms with Crippen LogP contribution in [-0.4, -0.2) is 27.7 Å². The van der Waals surface area contributed by atoms with Gasteiger partial charge in [-0.1, -0.05) is 40.5 Å². The Balaban J connectivity index is 2.74. The highest BCUT2D eigenvalue weighted by atomic mass is 16.3. The van der Waals surface area contributed by atoms with Gasteiger partial charge in [0.1, 0.15) is 17.5 Å². The quantitative estimate of drug-likeness (QED) is 0.430. The molecular weight excluding hydrogens is 254 g/mol. The van der Waals surface area contributed by atoms with Gasteiger partial charge >= 0.3 is 0 Å². The van der Waals surface area contributed by atoms with Gasteiger partial charge in [0.2, 0.25) is 0 Å². The molecule has 1 atom stereocenters. The molecule has 6 nitrogen and oxygen atoms in total. The van der Waals surface area contributed by atoms with Crippen LogP contribution in [0, 0.1) is 5.92 Å². The van der Waals surface area contributed by atoms with E-state index >= 15 is 0 Å². The molecule has 114 valence electrons. The van der Waals surface area contributed by atoms with E-state index in [1.54, 1.807) is 6.07 Å². The molecule has 1 unspecified atom stereocenters. The van der Waals surface area contributed by atoms with Gasteiger partial charge in [0.15, 0.2) is 0 Å². The van der Waals surface area contributed by atoms with Gasteiger partial charge in [-0.05, 0) is 5.92 Å². The van der Waals surface area contributed by atoms with Crippen LogP contribution in [-0.2, 0) is 0 Å². The fraction of sp³-hybridized carbons (Fsp3) is 0.714. The molecule has 0 spiro atoms. The van der Waals surface area contributed by atoms with E-state index < -0.39 is 0 Å². The Hall–Kier alpha value is -1.40. The van der Waals surface area contributed by atoms with Crippen molar-refractivity contribution in [2.24, 2.45) is 11.8 Å². The number of nitrogens with zero attached hydrogens (tertiary/aromatic N) is 2.